The first-order chi connectivity index (χ1) is 15.5. The summed E-state index contributed by atoms with van der Waals surface area (Å²) >= 11 is 5.32. The van der Waals surface area contributed by atoms with Crippen molar-refractivity contribution < 1.29 is 14.3 Å². The van der Waals surface area contributed by atoms with Crippen molar-refractivity contribution in [3.05, 3.63) is 64.9 Å². The van der Waals surface area contributed by atoms with Crippen LogP contribution in [0.25, 0.3) is 11.4 Å². The Morgan fingerprint density at radius 3 is 2.53 bits per heavy atom. The second-order valence-electron chi connectivity index (χ2n) is 7.15. The lowest BCUT2D eigenvalue weighted by Gasteiger charge is -2.21. The lowest BCUT2D eigenvalue weighted by Crippen LogP contribution is -2.40. The van der Waals surface area contributed by atoms with E-state index in [1.807, 2.05) is 61.5 Å². The summed E-state index contributed by atoms with van der Waals surface area (Å²) < 4.78 is 7.38. The Kier molecular flexibility index (Phi) is 8.15. The minimum Gasteiger partial charge on any atom is -0.497 e. The number of benzene rings is 2. The number of nitrogens with one attached hydrogen (secondary N) is 2. The molecule has 0 aliphatic heterocycles. The Labute approximate surface area is 192 Å². The molecule has 32 heavy (non-hydrogen) atoms. The first kappa shape index (κ1) is 23.2. The fraction of sp³-hybridized carbons (Fsp3) is 0.304. The van der Waals surface area contributed by atoms with Gasteiger partial charge in [-0.05, 0) is 49.0 Å². The normalized spacial score (nSPS) is 10.6. The molecule has 0 aliphatic rings. The molecule has 168 valence electrons. The lowest BCUT2D eigenvalue weighted by atomic mass is 10.2. The maximum Gasteiger partial charge on any atom is 0.242 e. The summed E-state index contributed by atoms with van der Waals surface area (Å²) in [6.07, 6.45) is 0.176. The third kappa shape index (κ3) is 6.04. The van der Waals surface area contributed by atoms with Crippen LogP contribution in [0.4, 0.5) is 0 Å². The van der Waals surface area contributed by atoms with Gasteiger partial charge in [0.05, 0.1) is 13.7 Å². The summed E-state index contributed by atoms with van der Waals surface area (Å²) in [6, 6.07) is 17.2. The van der Waals surface area contributed by atoms with Crippen LogP contribution in [0, 0.1) is 4.77 Å². The molecule has 0 radical (unpaired) electrons. The molecule has 9 heteroatoms. The highest BCUT2D eigenvalue weighted by Gasteiger charge is 2.15. The Balaban J connectivity index is 1.54. The van der Waals surface area contributed by atoms with Crippen molar-refractivity contribution in [1.29, 1.82) is 0 Å². The Hall–Kier alpha value is -3.46. The number of H-pyrrole nitrogens is 1. The molecule has 0 saturated carbocycles. The molecule has 0 aliphatic carbocycles. The van der Waals surface area contributed by atoms with Crippen LogP contribution >= 0.6 is 12.2 Å². The standard InChI is InChI=1S/C23H27N5O3S/c1-3-27(16-17-7-5-4-6-8-17)21(30)15-24-20(29)13-14-28-22(25-26-23(28)32)18-9-11-19(31-2)12-10-18/h4-12H,3,13-16H2,1-2H3,(H,24,29)(H,26,32). The molecular formula is C23H27N5O3S. The lowest BCUT2D eigenvalue weighted by molar-refractivity contribution is -0.133. The quantitative estimate of drug-likeness (QED) is 0.460. The monoisotopic (exact) mass is 453 g/mol. The number of carbonyl (C=O) groups is 2. The molecule has 0 fully saturated rings. The maximum absolute atomic E-state index is 12.5. The van der Waals surface area contributed by atoms with Gasteiger partial charge in [-0.25, -0.2) is 0 Å². The minimum atomic E-state index is -0.224. The summed E-state index contributed by atoms with van der Waals surface area (Å²) in [5.41, 5.74) is 1.91. The SMILES string of the molecule is CCN(Cc1ccccc1)C(=O)CNC(=O)CCn1c(-c2ccc(OC)cc2)n[nH]c1=S. The number of aromatic amines is 1. The van der Waals surface area contributed by atoms with E-state index in [2.05, 4.69) is 15.5 Å². The number of likely N-dealkylation sites (N-methyl/N-ethyl adjacent to an activating group) is 1. The average Bonchev–Trinajstić information content (AvgIpc) is 3.20. The first-order valence-electron chi connectivity index (χ1n) is 10.4. The summed E-state index contributed by atoms with van der Waals surface area (Å²) in [7, 11) is 1.61. The molecule has 8 nitrogen and oxygen atoms in total. The van der Waals surface area contributed by atoms with E-state index in [9.17, 15) is 9.59 Å². The van der Waals surface area contributed by atoms with E-state index in [0.717, 1.165) is 16.9 Å². The molecule has 0 bridgehead atoms. The van der Waals surface area contributed by atoms with Crippen molar-refractivity contribution in [3.8, 4) is 17.1 Å². The molecule has 3 rings (SSSR count). The number of amides is 2. The average molecular weight is 454 g/mol. The highest BCUT2D eigenvalue weighted by molar-refractivity contribution is 7.71. The summed E-state index contributed by atoms with van der Waals surface area (Å²) in [5.74, 6) is 1.04. The summed E-state index contributed by atoms with van der Waals surface area (Å²) in [6.45, 7) is 3.31. The van der Waals surface area contributed by atoms with Crippen LogP contribution in [0.15, 0.2) is 54.6 Å². The summed E-state index contributed by atoms with van der Waals surface area (Å²) in [4.78, 5) is 26.6. The fourth-order valence-corrected chi connectivity index (χ4v) is 3.48. The van der Waals surface area contributed by atoms with Crippen molar-refractivity contribution in [2.75, 3.05) is 20.2 Å². The molecule has 0 spiro atoms. The van der Waals surface area contributed by atoms with Crippen LogP contribution < -0.4 is 10.1 Å². The van der Waals surface area contributed by atoms with Crippen LogP contribution in [0.1, 0.15) is 18.9 Å². The Morgan fingerprint density at radius 2 is 1.88 bits per heavy atom. The third-order valence-corrected chi connectivity index (χ3v) is 5.37. The van der Waals surface area contributed by atoms with Crippen LogP contribution in [0.5, 0.6) is 5.75 Å². The zero-order valence-electron chi connectivity index (χ0n) is 18.2. The van der Waals surface area contributed by atoms with Gasteiger partial charge in [0.1, 0.15) is 5.75 Å². The molecule has 2 amide bonds. The Bertz CT molecular complexity index is 1090. The highest BCUT2D eigenvalue weighted by Crippen LogP contribution is 2.21. The molecule has 2 N–H and O–H groups in total. The maximum atomic E-state index is 12.5. The topological polar surface area (TPSA) is 92.2 Å². The smallest absolute Gasteiger partial charge is 0.242 e. The Morgan fingerprint density at radius 1 is 1.16 bits per heavy atom. The predicted octanol–water partition coefficient (Wildman–Crippen LogP) is 3.17. The molecule has 2 aromatic carbocycles. The number of carbonyl (C=O) groups excluding carboxylic acids is 2. The number of ether oxygens (including phenoxy) is 1. The van der Waals surface area contributed by atoms with E-state index in [4.69, 9.17) is 17.0 Å². The van der Waals surface area contributed by atoms with Crippen molar-refractivity contribution in [1.82, 2.24) is 25.0 Å². The van der Waals surface area contributed by atoms with Crippen molar-refractivity contribution in [2.24, 2.45) is 0 Å². The van der Waals surface area contributed by atoms with Crippen LogP contribution in [-0.2, 0) is 22.7 Å². The van der Waals surface area contributed by atoms with Crippen LogP contribution in [0.2, 0.25) is 0 Å². The van der Waals surface area contributed by atoms with Crippen LogP contribution in [-0.4, -0.2) is 51.7 Å². The number of rotatable bonds is 10. The molecule has 0 saturated heterocycles. The predicted molar refractivity (Wildman–Crippen MR) is 125 cm³/mol. The van der Waals surface area contributed by atoms with E-state index in [1.54, 1.807) is 16.6 Å². The number of hydrogen-bond donors (Lipinski definition) is 2. The van der Waals surface area contributed by atoms with Gasteiger partial charge in [0, 0.05) is 31.6 Å². The van der Waals surface area contributed by atoms with Gasteiger partial charge in [0.25, 0.3) is 0 Å². The molecular weight excluding hydrogens is 426 g/mol. The van der Waals surface area contributed by atoms with Gasteiger partial charge in [-0.15, -0.1) is 0 Å². The summed E-state index contributed by atoms with van der Waals surface area (Å²) in [5, 5.41) is 9.77. The molecule has 1 heterocycles. The van der Waals surface area contributed by atoms with Gasteiger partial charge in [-0.1, -0.05) is 30.3 Å². The van der Waals surface area contributed by atoms with Gasteiger partial charge in [-0.2, -0.15) is 5.10 Å². The van der Waals surface area contributed by atoms with E-state index >= 15 is 0 Å². The number of methoxy groups -OCH3 is 1. The van der Waals surface area contributed by atoms with Crippen molar-refractivity contribution >= 4 is 24.0 Å². The molecule has 0 unspecified atom stereocenters. The largest absolute Gasteiger partial charge is 0.497 e. The first-order valence-corrected chi connectivity index (χ1v) is 10.8. The van der Waals surface area contributed by atoms with E-state index in [-0.39, 0.29) is 24.8 Å². The number of aromatic nitrogens is 3. The third-order valence-electron chi connectivity index (χ3n) is 5.06. The minimum absolute atomic E-state index is 0.0400. The number of hydrogen-bond acceptors (Lipinski definition) is 5. The van der Waals surface area contributed by atoms with E-state index < -0.39 is 0 Å². The number of nitrogens with zero attached hydrogens (tertiary/aromatic N) is 3. The van der Waals surface area contributed by atoms with E-state index in [0.29, 0.717) is 30.2 Å². The van der Waals surface area contributed by atoms with Gasteiger partial charge >= 0.3 is 0 Å². The van der Waals surface area contributed by atoms with Gasteiger partial charge < -0.3 is 15.0 Å². The molecule has 0 atom stereocenters. The van der Waals surface area contributed by atoms with Crippen molar-refractivity contribution in [3.63, 3.8) is 0 Å². The fourth-order valence-electron chi connectivity index (χ4n) is 3.25. The zero-order chi connectivity index (χ0) is 22.9. The molecule has 1 aromatic heterocycles. The van der Waals surface area contributed by atoms with Gasteiger partial charge in [0.2, 0.25) is 11.8 Å². The molecule has 3 aromatic rings. The van der Waals surface area contributed by atoms with Gasteiger partial charge in [0.15, 0.2) is 10.6 Å². The van der Waals surface area contributed by atoms with Gasteiger partial charge in [-0.3, -0.25) is 19.3 Å². The zero-order valence-corrected chi connectivity index (χ0v) is 19.0. The highest BCUT2D eigenvalue weighted by atomic mass is 32.1. The van der Waals surface area contributed by atoms with Crippen LogP contribution in [0.3, 0.4) is 0 Å². The van der Waals surface area contributed by atoms with E-state index in [1.165, 1.54) is 0 Å². The second kappa shape index (κ2) is 11.2. The van der Waals surface area contributed by atoms with Crippen molar-refractivity contribution in [2.45, 2.75) is 26.4 Å². The second-order valence-corrected chi connectivity index (χ2v) is 7.54.